The highest BCUT2D eigenvalue weighted by Gasteiger charge is 2.40. The Labute approximate surface area is 154 Å². The van der Waals surface area contributed by atoms with E-state index >= 15 is 0 Å². The maximum absolute atomic E-state index is 12.6. The quantitative estimate of drug-likeness (QED) is 0.761. The zero-order valence-corrected chi connectivity index (χ0v) is 14.6. The number of nitrogens with zero attached hydrogens (tertiary/aromatic N) is 1. The molecule has 2 aromatic carbocycles. The number of carbonyl (C=O) groups is 1. The van der Waals surface area contributed by atoms with Gasteiger partial charge in [0.15, 0.2) is 0 Å². The molecular formula is C23H21NO2. The molecule has 2 atom stereocenters. The van der Waals surface area contributed by atoms with Crippen molar-refractivity contribution in [2.75, 3.05) is 0 Å². The summed E-state index contributed by atoms with van der Waals surface area (Å²) >= 11 is 0. The van der Waals surface area contributed by atoms with Crippen LogP contribution in [0.15, 0.2) is 60.7 Å². The maximum Gasteiger partial charge on any atom is 0.410 e. The van der Waals surface area contributed by atoms with Crippen LogP contribution in [0.1, 0.15) is 36.0 Å². The van der Waals surface area contributed by atoms with Crippen molar-refractivity contribution in [3.05, 3.63) is 77.4 Å². The largest absolute Gasteiger partial charge is 0.445 e. The van der Waals surface area contributed by atoms with Crippen LogP contribution in [0.4, 0.5) is 4.79 Å². The number of ether oxygens (including phenoxy) is 1. The summed E-state index contributed by atoms with van der Waals surface area (Å²) in [6, 6.07) is 18.2. The van der Waals surface area contributed by atoms with Crippen LogP contribution in [-0.4, -0.2) is 23.1 Å². The molecule has 2 bridgehead atoms. The topological polar surface area (TPSA) is 29.5 Å². The SMILES string of the molecule is C#Cc1ccc(C2=CC3CCC(C2)N3C(=O)OCc2ccccc2)cc1. The molecule has 0 aromatic heterocycles. The Morgan fingerprint density at radius 1 is 1.12 bits per heavy atom. The van der Waals surface area contributed by atoms with E-state index in [2.05, 4.69) is 24.1 Å². The monoisotopic (exact) mass is 343 g/mol. The molecule has 1 amide bonds. The van der Waals surface area contributed by atoms with Crippen LogP contribution in [0.3, 0.4) is 0 Å². The molecule has 3 nitrogen and oxygen atoms in total. The lowest BCUT2D eigenvalue weighted by Gasteiger charge is -2.33. The van der Waals surface area contributed by atoms with E-state index in [-0.39, 0.29) is 18.2 Å². The van der Waals surface area contributed by atoms with Crippen LogP contribution < -0.4 is 0 Å². The molecule has 0 N–H and O–H groups in total. The number of terminal acetylenes is 1. The van der Waals surface area contributed by atoms with Gasteiger partial charge in [-0.05, 0) is 48.1 Å². The minimum absolute atomic E-state index is 0.124. The van der Waals surface area contributed by atoms with E-state index in [4.69, 9.17) is 11.2 Å². The second-order valence-corrected chi connectivity index (χ2v) is 6.86. The van der Waals surface area contributed by atoms with E-state index in [1.165, 1.54) is 11.1 Å². The third-order valence-electron chi connectivity index (χ3n) is 5.23. The number of benzene rings is 2. The molecule has 1 fully saturated rings. The number of rotatable bonds is 3. The zero-order valence-electron chi connectivity index (χ0n) is 14.6. The fraction of sp³-hybridized carbons (Fsp3) is 0.261. The van der Waals surface area contributed by atoms with Crippen LogP contribution >= 0.6 is 0 Å². The van der Waals surface area contributed by atoms with Crippen LogP contribution in [-0.2, 0) is 11.3 Å². The maximum atomic E-state index is 12.6. The second-order valence-electron chi connectivity index (χ2n) is 6.86. The first kappa shape index (κ1) is 16.5. The van der Waals surface area contributed by atoms with Crippen molar-refractivity contribution < 1.29 is 9.53 Å². The Morgan fingerprint density at radius 3 is 2.58 bits per heavy atom. The van der Waals surface area contributed by atoms with E-state index in [0.29, 0.717) is 6.61 Å². The van der Waals surface area contributed by atoms with E-state index in [1.807, 2.05) is 47.4 Å². The molecule has 0 spiro atoms. The van der Waals surface area contributed by atoms with Gasteiger partial charge in [0, 0.05) is 11.6 Å². The number of fused-ring (bicyclic) bond motifs is 2. The van der Waals surface area contributed by atoms with Gasteiger partial charge in [0.05, 0.1) is 6.04 Å². The molecular weight excluding hydrogens is 322 g/mol. The summed E-state index contributed by atoms with van der Waals surface area (Å²) in [5.41, 5.74) is 4.39. The van der Waals surface area contributed by atoms with Gasteiger partial charge in [-0.25, -0.2) is 4.79 Å². The number of amides is 1. The molecule has 2 unspecified atom stereocenters. The molecule has 0 saturated carbocycles. The van der Waals surface area contributed by atoms with Crippen molar-refractivity contribution in [3.63, 3.8) is 0 Å². The van der Waals surface area contributed by atoms with Gasteiger partial charge in [-0.3, -0.25) is 4.90 Å². The van der Waals surface area contributed by atoms with Gasteiger partial charge >= 0.3 is 6.09 Å². The highest BCUT2D eigenvalue weighted by molar-refractivity contribution is 5.75. The molecule has 130 valence electrons. The van der Waals surface area contributed by atoms with Gasteiger partial charge in [-0.1, -0.05) is 54.5 Å². The third-order valence-corrected chi connectivity index (χ3v) is 5.23. The summed E-state index contributed by atoms with van der Waals surface area (Å²) < 4.78 is 5.56. The van der Waals surface area contributed by atoms with E-state index in [9.17, 15) is 4.79 Å². The van der Waals surface area contributed by atoms with Crippen LogP contribution in [0.5, 0.6) is 0 Å². The Bertz CT molecular complexity index is 861. The van der Waals surface area contributed by atoms with Gasteiger partial charge in [-0.2, -0.15) is 0 Å². The zero-order chi connectivity index (χ0) is 17.9. The Kier molecular flexibility index (Phi) is 4.50. The fourth-order valence-corrected chi connectivity index (χ4v) is 3.90. The van der Waals surface area contributed by atoms with Crippen molar-refractivity contribution in [1.29, 1.82) is 0 Å². The molecule has 26 heavy (non-hydrogen) atoms. The summed E-state index contributed by atoms with van der Waals surface area (Å²) in [6.07, 6.45) is 10.3. The van der Waals surface area contributed by atoms with Gasteiger partial charge in [0.25, 0.3) is 0 Å². The second kappa shape index (κ2) is 7.09. The van der Waals surface area contributed by atoms with Crippen molar-refractivity contribution in [3.8, 4) is 12.3 Å². The standard InChI is InChI=1S/C23H21NO2/c1-2-17-8-10-19(11-9-17)20-14-21-12-13-22(15-20)24(21)23(25)26-16-18-6-4-3-5-7-18/h1,3-11,14,21-22H,12-13,15-16H2. The van der Waals surface area contributed by atoms with Crippen molar-refractivity contribution in [2.45, 2.75) is 38.0 Å². The lowest BCUT2D eigenvalue weighted by Crippen LogP contribution is -2.43. The summed E-state index contributed by atoms with van der Waals surface area (Å²) in [4.78, 5) is 14.5. The van der Waals surface area contributed by atoms with Gasteiger partial charge in [0.1, 0.15) is 6.61 Å². The highest BCUT2D eigenvalue weighted by atomic mass is 16.6. The van der Waals surface area contributed by atoms with Crippen molar-refractivity contribution in [2.24, 2.45) is 0 Å². The van der Waals surface area contributed by atoms with E-state index in [1.54, 1.807) is 0 Å². The molecule has 2 aliphatic rings. The molecule has 0 aliphatic carbocycles. The van der Waals surface area contributed by atoms with Crippen LogP contribution in [0.25, 0.3) is 5.57 Å². The summed E-state index contributed by atoms with van der Waals surface area (Å²) in [5, 5.41) is 0. The molecule has 2 aliphatic heterocycles. The minimum atomic E-state index is -0.209. The average molecular weight is 343 g/mol. The summed E-state index contributed by atoms with van der Waals surface area (Å²) in [5.74, 6) is 2.65. The first-order valence-corrected chi connectivity index (χ1v) is 9.01. The molecule has 3 heteroatoms. The lowest BCUT2D eigenvalue weighted by atomic mass is 9.94. The smallest absolute Gasteiger partial charge is 0.410 e. The number of hydrogen-bond donors (Lipinski definition) is 0. The summed E-state index contributed by atoms with van der Waals surface area (Å²) in [7, 11) is 0. The third kappa shape index (κ3) is 3.23. The van der Waals surface area contributed by atoms with Gasteiger partial charge in [0.2, 0.25) is 0 Å². The normalized spacial score (nSPS) is 21.0. The van der Waals surface area contributed by atoms with Crippen molar-refractivity contribution >= 4 is 11.7 Å². The van der Waals surface area contributed by atoms with E-state index < -0.39 is 0 Å². The first-order chi connectivity index (χ1) is 12.7. The Hall–Kier alpha value is -2.99. The predicted molar refractivity (Wildman–Crippen MR) is 102 cm³/mol. The minimum Gasteiger partial charge on any atom is -0.445 e. The Morgan fingerprint density at radius 2 is 1.88 bits per heavy atom. The predicted octanol–water partition coefficient (Wildman–Crippen LogP) is 4.62. The molecule has 1 saturated heterocycles. The first-order valence-electron chi connectivity index (χ1n) is 9.01. The van der Waals surface area contributed by atoms with Crippen LogP contribution in [0, 0.1) is 12.3 Å². The van der Waals surface area contributed by atoms with Crippen molar-refractivity contribution in [1.82, 2.24) is 4.90 Å². The van der Waals surface area contributed by atoms with Gasteiger partial charge in [-0.15, -0.1) is 6.42 Å². The molecule has 0 radical (unpaired) electrons. The molecule has 2 aromatic rings. The summed E-state index contributed by atoms with van der Waals surface area (Å²) in [6.45, 7) is 0.319. The number of hydrogen-bond acceptors (Lipinski definition) is 2. The average Bonchev–Trinajstić information content (AvgIpc) is 2.96. The van der Waals surface area contributed by atoms with Crippen LogP contribution in [0.2, 0.25) is 0 Å². The van der Waals surface area contributed by atoms with E-state index in [0.717, 1.165) is 30.4 Å². The lowest BCUT2D eigenvalue weighted by molar-refractivity contribution is 0.0832. The highest BCUT2D eigenvalue weighted by Crippen LogP contribution is 2.39. The fourth-order valence-electron chi connectivity index (χ4n) is 3.90. The van der Waals surface area contributed by atoms with Gasteiger partial charge < -0.3 is 4.74 Å². The Balaban J connectivity index is 1.46. The molecule has 4 rings (SSSR count). The molecule has 2 heterocycles. The number of carbonyl (C=O) groups excluding carboxylic acids is 1.